The topological polar surface area (TPSA) is 29.9 Å². The van der Waals surface area contributed by atoms with E-state index in [1.807, 2.05) is 6.92 Å². The number of alkyl halides is 3. The first-order chi connectivity index (χ1) is 9.93. The maximum Gasteiger partial charge on any atom is 0.416 e. The lowest BCUT2D eigenvalue weighted by Crippen LogP contribution is -2.18. The van der Waals surface area contributed by atoms with Crippen LogP contribution in [0.4, 0.5) is 13.2 Å². The fourth-order valence-electron chi connectivity index (χ4n) is 2.18. The number of rotatable bonds is 5. The van der Waals surface area contributed by atoms with Crippen LogP contribution in [0.25, 0.3) is 5.69 Å². The van der Waals surface area contributed by atoms with E-state index in [0.717, 1.165) is 6.42 Å². The quantitative estimate of drug-likeness (QED) is 0.853. The second-order valence-electron chi connectivity index (χ2n) is 4.86. The van der Waals surface area contributed by atoms with Crippen LogP contribution in [-0.2, 0) is 12.7 Å². The number of aromatic nitrogens is 2. The van der Waals surface area contributed by atoms with Crippen molar-refractivity contribution in [1.29, 1.82) is 0 Å². The molecule has 114 valence electrons. The Bertz CT molecular complexity index is 602. The fourth-order valence-corrected chi connectivity index (χ4v) is 2.18. The van der Waals surface area contributed by atoms with Gasteiger partial charge in [-0.2, -0.15) is 13.2 Å². The number of halogens is 3. The molecule has 1 heterocycles. The third kappa shape index (κ3) is 3.64. The molecule has 0 saturated carbocycles. The Morgan fingerprint density at radius 1 is 1.29 bits per heavy atom. The van der Waals surface area contributed by atoms with Crippen molar-refractivity contribution in [2.24, 2.45) is 0 Å². The SMILES string of the molecule is CCCNCc1ccc(-n2ccnc2C)cc1C(F)(F)F. The van der Waals surface area contributed by atoms with Gasteiger partial charge in [0.2, 0.25) is 0 Å². The molecule has 0 aliphatic rings. The highest BCUT2D eigenvalue weighted by atomic mass is 19.4. The molecule has 0 fully saturated rings. The molecular formula is C15H18F3N3. The molecule has 0 radical (unpaired) electrons. The summed E-state index contributed by atoms with van der Waals surface area (Å²) in [6.07, 6.45) is -0.263. The lowest BCUT2D eigenvalue weighted by atomic mass is 10.1. The lowest BCUT2D eigenvalue weighted by molar-refractivity contribution is -0.138. The summed E-state index contributed by atoms with van der Waals surface area (Å²) in [4.78, 5) is 4.04. The van der Waals surface area contributed by atoms with E-state index in [-0.39, 0.29) is 12.1 Å². The average molecular weight is 297 g/mol. The van der Waals surface area contributed by atoms with E-state index in [9.17, 15) is 13.2 Å². The predicted molar refractivity (Wildman–Crippen MR) is 75.3 cm³/mol. The van der Waals surface area contributed by atoms with E-state index in [4.69, 9.17) is 0 Å². The Hall–Kier alpha value is -1.82. The van der Waals surface area contributed by atoms with Gasteiger partial charge < -0.3 is 9.88 Å². The van der Waals surface area contributed by atoms with E-state index < -0.39 is 11.7 Å². The molecule has 1 N–H and O–H groups in total. The molecule has 3 nitrogen and oxygen atoms in total. The van der Waals surface area contributed by atoms with Gasteiger partial charge in [-0.3, -0.25) is 0 Å². The smallest absolute Gasteiger partial charge is 0.313 e. The summed E-state index contributed by atoms with van der Waals surface area (Å²) in [5.41, 5.74) is 0.130. The van der Waals surface area contributed by atoms with Crippen molar-refractivity contribution in [3.05, 3.63) is 47.5 Å². The van der Waals surface area contributed by atoms with Gasteiger partial charge >= 0.3 is 6.18 Å². The van der Waals surface area contributed by atoms with Gasteiger partial charge in [-0.1, -0.05) is 13.0 Å². The van der Waals surface area contributed by atoms with Gasteiger partial charge in [-0.15, -0.1) is 0 Å². The van der Waals surface area contributed by atoms with Crippen molar-refractivity contribution in [2.45, 2.75) is 33.0 Å². The van der Waals surface area contributed by atoms with Crippen LogP contribution < -0.4 is 5.32 Å². The van der Waals surface area contributed by atoms with E-state index >= 15 is 0 Å². The van der Waals surface area contributed by atoms with E-state index in [0.29, 0.717) is 18.1 Å². The maximum absolute atomic E-state index is 13.2. The highest BCUT2D eigenvalue weighted by Gasteiger charge is 2.33. The fraction of sp³-hybridized carbons (Fsp3) is 0.400. The number of benzene rings is 1. The van der Waals surface area contributed by atoms with Gasteiger partial charge in [-0.05, 0) is 37.6 Å². The molecule has 1 aromatic heterocycles. The standard InChI is InChI=1S/C15H18F3N3/c1-3-6-19-10-12-4-5-13(9-14(12)15(16,17)18)21-8-7-20-11(21)2/h4-5,7-9,19H,3,6,10H2,1-2H3. The van der Waals surface area contributed by atoms with Crippen LogP contribution >= 0.6 is 0 Å². The number of aryl methyl sites for hydroxylation is 1. The zero-order chi connectivity index (χ0) is 15.5. The summed E-state index contributed by atoms with van der Waals surface area (Å²) in [5, 5.41) is 3.01. The predicted octanol–water partition coefficient (Wildman–Crippen LogP) is 3.70. The van der Waals surface area contributed by atoms with Gasteiger partial charge in [0.15, 0.2) is 0 Å². The van der Waals surface area contributed by atoms with Gasteiger partial charge in [0, 0.05) is 24.6 Å². The normalized spacial score (nSPS) is 11.9. The Morgan fingerprint density at radius 3 is 2.62 bits per heavy atom. The largest absolute Gasteiger partial charge is 0.416 e. The van der Waals surface area contributed by atoms with Crippen LogP contribution in [0.1, 0.15) is 30.3 Å². The third-order valence-electron chi connectivity index (χ3n) is 3.24. The van der Waals surface area contributed by atoms with Gasteiger partial charge in [0.1, 0.15) is 5.82 Å². The van der Waals surface area contributed by atoms with Crippen molar-refractivity contribution >= 4 is 0 Å². The Labute approximate surface area is 121 Å². The molecule has 6 heteroatoms. The van der Waals surface area contributed by atoms with E-state index in [1.165, 1.54) is 12.1 Å². The molecule has 0 aliphatic heterocycles. The molecule has 2 rings (SSSR count). The first kappa shape index (κ1) is 15.6. The van der Waals surface area contributed by atoms with Gasteiger partial charge in [-0.25, -0.2) is 4.98 Å². The number of nitrogens with zero attached hydrogens (tertiary/aromatic N) is 2. The third-order valence-corrected chi connectivity index (χ3v) is 3.24. The zero-order valence-corrected chi connectivity index (χ0v) is 12.0. The Morgan fingerprint density at radius 2 is 2.05 bits per heavy atom. The minimum absolute atomic E-state index is 0.214. The highest BCUT2D eigenvalue weighted by Crippen LogP contribution is 2.33. The van der Waals surface area contributed by atoms with Crippen LogP contribution in [-0.4, -0.2) is 16.1 Å². The summed E-state index contributed by atoms with van der Waals surface area (Å²) in [6.45, 7) is 4.64. The molecule has 1 aromatic carbocycles. The zero-order valence-electron chi connectivity index (χ0n) is 12.0. The van der Waals surface area contributed by atoms with Crippen molar-refractivity contribution in [3.63, 3.8) is 0 Å². The minimum atomic E-state index is -4.37. The number of imidazole rings is 1. The van der Waals surface area contributed by atoms with Crippen molar-refractivity contribution in [3.8, 4) is 5.69 Å². The summed E-state index contributed by atoms with van der Waals surface area (Å²) in [5.74, 6) is 0.653. The minimum Gasteiger partial charge on any atom is -0.313 e. The van der Waals surface area contributed by atoms with Crippen LogP contribution in [0.5, 0.6) is 0 Å². The van der Waals surface area contributed by atoms with E-state index in [1.54, 1.807) is 30.0 Å². The second-order valence-corrected chi connectivity index (χ2v) is 4.86. The number of nitrogens with one attached hydrogen (secondary N) is 1. The summed E-state index contributed by atoms with van der Waals surface area (Å²) < 4.78 is 41.3. The Kier molecular flexibility index (Phi) is 4.67. The molecule has 0 bridgehead atoms. The van der Waals surface area contributed by atoms with Crippen molar-refractivity contribution in [2.75, 3.05) is 6.54 Å². The lowest BCUT2D eigenvalue weighted by Gasteiger charge is -2.16. The first-order valence-electron chi connectivity index (χ1n) is 6.84. The molecule has 21 heavy (non-hydrogen) atoms. The number of hydrogen-bond donors (Lipinski definition) is 1. The molecule has 0 unspecified atom stereocenters. The monoisotopic (exact) mass is 297 g/mol. The second kappa shape index (κ2) is 6.30. The number of hydrogen-bond acceptors (Lipinski definition) is 2. The molecule has 2 aromatic rings. The van der Waals surface area contributed by atoms with E-state index in [2.05, 4.69) is 10.3 Å². The Balaban J connectivity index is 2.38. The summed E-state index contributed by atoms with van der Waals surface area (Å²) >= 11 is 0. The molecule has 0 aliphatic carbocycles. The van der Waals surface area contributed by atoms with Crippen LogP contribution in [0.15, 0.2) is 30.6 Å². The highest BCUT2D eigenvalue weighted by molar-refractivity contribution is 5.43. The average Bonchev–Trinajstić information content (AvgIpc) is 2.84. The molecule has 0 atom stereocenters. The molecule has 0 amide bonds. The first-order valence-corrected chi connectivity index (χ1v) is 6.84. The van der Waals surface area contributed by atoms with Crippen molar-refractivity contribution < 1.29 is 13.2 Å². The maximum atomic E-state index is 13.2. The summed E-state index contributed by atoms with van der Waals surface area (Å²) in [6, 6.07) is 4.39. The van der Waals surface area contributed by atoms with Gasteiger partial charge in [0.25, 0.3) is 0 Å². The van der Waals surface area contributed by atoms with Crippen LogP contribution in [0, 0.1) is 6.92 Å². The van der Waals surface area contributed by atoms with Crippen LogP contribution in [0.3, 0.4) is 0 Å². The summed E-state index contributed by atoms with van der Waals surface area (Å²) in [7, 11) is 0. The van der Waals surface area contributed by atoms with Crippen molar-refractivity contribution in [1.82, 2.24) is 14.9 Å². The van der Waals surface area contributed by atoms with Gasteiger partial charge in [0.05, 0.1) is 5.56 Å². The molecule has 0 spiro atoms. The molecular weight excluding hydrogens is 279 g/mol. The molecule has 0 saturated heterocycles. The van der Waals surface area contributed by atoms with Crippen LogP contribution in [0.2, 0.25) is 0 Å².